The Kier molecular flexibility index (Phi) is 33.2. The summed E-state index contributed by atoms with van der Waals surface area (Å²) in [6, 6.07) is 5.64. The summed E-state index contributed by atoms with van der Waals surface area (Å²) < 4.78 is 2.27. The summed E-state index contributed by atoms with van der Waals surface area (Å²) in [5.74, 6) is -0.0688. The van der Waals surface area contributed by atoms with E-state index in [2.05, 4.69) is 47.4 Å². The number of rotatable bonds is 32. The maximum atomic E-state index is 12.3. The summed E-state index contributed by atoms with van der Waals surface area (Å²) in [6.07, 6.45) is 39.6. The van der Waals surface area contributed by atoms with Crippen LogP contribution in [0.2, 0.25) is 0 Å². The van der Waals surface area contributed by atoms with Crippen molar-refractivity contribution >= 4 is 5.91 Å². The van der Waals surface area contributed by atoms with Crippen molar-refractivity contribution in [3.63, 3.8) is 0 Å². The molecule has 0 radical (unpaired) electrons. The lowest BCUT2D eigenvalue weighted by molar-refractivity contribution is -0.697. The normalized spacial score (nSPS) is 12.7. The first-order chi connectivity index (χ1) is 21.7. The van der Waals surface area contributed by atoms with E-state index in [1.54, 1.807) is 6.08 Å². The lowest BCUT2D eigenvalue weighted by Gasteiger charge is -2.20. The highest BCUT2D eigenvalue weighted by Gasteiger charge is 2.17. The number of hydrogen-bond acceptors (Lipinski definition) is 3. The molecule has 1 aromatic heterocycles. The molecule has 0 aromatic carbocycles. The summed E-state index contributed by atoms with van der Waals surface area (Å²) in [5, 5.41) is 22.9. The topological polar surface area (TPSA) is 73.4 Å². The van der Waals surface area contributed by atoms with Gasteiger partial charge in [0.15, 0.2) is 12.4 Å². The molecule has 1 amide bonds. The third-order valence-corrected chi connectivity index (χ3v) is 8.86. The molecule has 0 spiro atoms. The molecule has 6 heteroatoms. The second-order valence-electron chi connectivity index (χ2n) is 13.1. The Morgan fingerprint density at radius 2 is 1.11 bits per heavy atom. The second-order valence-corrected chi connectivity index (χ2v) is 13.1. The largest absolute Gasteiger partial charge is 1.00 e. The minimum atomic E-state index is -0.838. The zero-order valence-corrected chi connectivity index (χ0v) is 30.7. The van der Waals surface area contributed by atoms with Crippen LogP contribution < -0.4 is 26.9 Å². The van der Waals surface area contributed by atoms with Crippen molar-refractivity contribution < 1.29 is 36.6 Å². The Bertz CT molecular complexity index is 777. The van der Waals surface area contributed by atoms with Crippen LogP contribution in [-0.2, 0) is 11.3 Å². The average Bonchev–Trinajstić information content (AvgIpc) is 3.04. The number of amides is 1. The molecule has 0 aliphatic carbocycles. The van der Waals surface area contributed by atoms with E-state index >= 15 is 0 Å². The summed E-state index contributed by atoms with van der Waals surface area (Å²) in [5.41, 5.74) is 0. The summed E-state index contributed by atoms with van der Waals surface area (Å²) in [4.78, 5) is 12.3. The Hall–Kier alpha value is -1.24. The summed E-state index contributed by atoms with van der Waals surface area (Å²) in [6.45, 7) is 3.15. The maximum Gasteiger partial charge on any atom is 0.220 e. The zero-order valence-electron chi connectivity index (χ0n) is 29.1. The average molecular weight is 696 g/mol. The third kappa shape index (κ3) is 28.7. The predicted molar refractivity (Wildman–Crippen MR) is 187 cm³/mol. The van der Waals surface area contributed by atoms with Crippen molar-refractivity contribution in [3.8, 4) is 0 Å². The van der Waals surface area contributed by atoms with Crippen molar-refractivity contribution in [1.29, 1.82) is 0 Å². The molecule has 1 heterocycles. The van der Waals surface area contributed by atoms with Gasteiger partial charge in [0.2, 0.25) is 5.91 Å². The van der Waals surface area contributed by atoms with Crippen LogP contribution >= 0.6 is 0 Å². The van der Waals surface area contributed by atoms with Gasteiger partial charge in [-0.05, 0) is 25.7 Å². The fourth-order valence-corrected chi connectivity index (χ4v) is 5.92. The van der Waals surface area contributed by atoms with Gasteiger partial charge in [-0.2, -0.15) is 0 Å². The van der Waals surface area contributed by atoms with Crippen LogP contribution in [-0.4, -0.2) is 34.9 Å². The number of carbonyl (C=O) groups is 1. The predicted octanol–water partition coefficient (Wildman–Crippen LogP) is 6.53. The lowest BCUT2D eigenvalue weighted by atomic mass is 10.0. The van der Waals surface area contributed by atoms with E-state index < -0.39 is 12.1 Å². The number of aromatic nitrogens is 1. The van der Waals surface area contributed by atoms with E-state index in [9.17, 15) is 15.0 Å². The highest BCUT2D eigenvalue weighted by molar-refractivity contribution is 5.76. The van der Waals surface area contributed by atoms with Gasteiger partial charge in [0.1, 0.15) is 6.54 Å². The van der Waals surface area contributed by atoms with Gasteiger partial charge >= 0.3 is 0 Å². The fourth-order valence-electron chi connectivity index (χ4n) is 5.92. The van der Waals surface area contributed by atoms with Gasteiger partial charge in [-0.1, -0.05) is 154 Å². The SMILES string of the molecule is CCCCCCCCCCCCC/C=C/[C@@H](O)[C@H](CO)NC(=O)CCCCCCCCCCCCCCC[n+]1ccccc1.[Br-]. The molecule has 2 atom stereocenters. The van der Waals surface area contributed by atoms with Crippen LogP contribution in [0.25, 0.3) is 0 Å². The van der Waals surface area contributed by atoms with Crippen molar-refractivity contribution in [2.24, 2.45) is 0 Å². The molecular weight excluding hydrogens is 624 g/mol. The Morgan fingerprint density at radius 3 is 1.60 bits per heavy atom. The highest BCUT2D eigenvalue weighted by atomic mass is 79.9. The molecular formula is C39H71BrN2O3. The van der Waals surface area contributed by atoms with E-state index in [0.717, 1.165) is 32.2 Å². The maximum absolute atomic E-state index is 12.3. The number of aliphatic hydroxyl groups excluding tert-OH is 2. The molecule has 3 N–H and O–H groups in total. The number of unbranched alkanes of at least 4 members (excludes halogenated alkanes) is 23. The zero-order chi connectivity index (χ0) is 31.8. The van der Waals surface area contributed by atoms with E-state index in [1.807, 2.05) is 6.08 Å². The van der Waals surface area contributed by atoms with E-state index in [4.69, 9.17) is 0 Å². The van der Waals surface area contributed by atoms with E-state index in [0.29, 0.717) is 6.42 Å². The van der Waals surface area contributed by atoms with Crippen LogP contribution in [0.5, 0.6) is 0 Å². The van der Waals surface area contributed by atoms with Crippen molar-refractivity contribution in [2.45, 2.75) is 193 Å². The van der Waals surface area contributed by atoms with Gasteiger partial charge in [-0.25, -0.2) is 4.57 Å². The van der Waals surface area contributed by atoms with Crippen molar-refractivity contribution in [2.75, 3.05) is 6.61 Å². The molecule has 5 nitrogen and oxygen atoms in total. The quantitative estimate of drug-likeness (QED) is 0.0456. The van der Waals surface area contributed by atoms with E-state index in [1.165, 1.54) is 135 Å². The number of halogens is 1. The van der Waals surface area contributed by atoms with Crippen LogP contribution in [0.15, 0.2) is 42.7 Å². The minimum Gasteiger partial charge on any atom is -1.00 e. The first-order valence-electron chi connectivity index (χ1n) is 18.9. The molecule has 1 aromatic rings. The number of aliphatic hydroxyl groups is 2. The molecule has 0 saturated heterocycles. The summed E-state index contributed by atoms with van der Waals surface area (Å²) >= 11 is 0. The first-order valence-corrected chi connectivity index (χ1v) is 18.9. The van der Waals surface area contributed by atoms with Crippen LogP contribution in [0.4, 0.5) is 0 Å². The van der Waals surface area contributed by atoms with Crippen molar-refractivity contribution in [3.05, 3.63) is 42.7 Å². The van der Waals surface area contributed by atoms with Crippen LogP contribution in [0.1, 0.15) is 174 Å². The molecule has 0 saturated carbocycles. The number of allylic oxidation sites excluding steroid dienone is 1. The number of hydrogen-bond donors (Lipinski definition) is 3. The Labute approximate surface area is 288 Å². The second kappa shape index (κ2) is 34.1. The number of nitrogens with one attached hydrogen (secondary N) is 1. The third-order valence-electron chi connectivity index (χ3n) is 8.86. The smallest absolute Gasteiger partial charge is 0.220 e. The first kappa shape index (κ1) is 43.8. The molecule has 0 bridgehead atoms. The molecule has 1 rings (SSSR count). The number of pyridine rings is 1. The molecule has 0 aliphatic heterocycles. The molecule has 0 aliphatic rings. The van der Waals surface area contributed by atoms with Gasteiger partial charge in [0.05, 0.1) is 18.8 Å². The summed E-state index contributed by atoms with van der Waals surface area (Å²) in [7, 11) is 0. The van der Waals surface area contributed by atoms with Gasteiger partial charge in [0, 0.05) is 25.0 Å². The van der Waals surface area contributed by atoms with Gasteiger partial charge in [-0.15, -0.1) is 0 Å². The minimum absolute atomic E-state index is 0. The Morgan fingerprint density at radius 1 is 0.667 bits per heavy atom. The van der Waals surface area contributed by atoms with Gasteiger partial charge in [0.25, 0.3) is 0 Å². The molecule has 45 heavy (non-hydrogen) atoms. The monoisotopic (exact) mass is 694 g/mol. The molecule has 0 fully saturated rings. The number of nitrogens with zero attached hydrogens (tertiary/aromatic N) is 1. The lowest BCUT2D eigenvalue weighted by Crippen LogP contribution is -3.00. The van der Waals surface area contributed by atoms with Gasteiger partial charge < -0.3 is 32.5 Å². The highest BCUT2D eigenvalue weighted by Crippen LogP contribution is 2.14. The van der Waals surface area contributed by atoms with Crippen LogP contribution in [0, 0.1) is 0 Å². The van der Waals surface area contributed by atoms with Crippen molar-refractivity contribution in [1.82, 2.24) is 5.32 Å². The Balaban J connectivity index is 0.0000194. The molecule has 262 valence electrons. The van der Waals surface area contributed by atoms with Gasteiger partial charge in [-0.3, -0.25) is 4.79 Å². The molecule has 0 unspecified atom stereocenters. The number of carbonyl (C=O) groups excluding carboxylic acids is 1. The number of aryl methyl sites for hydroxylation is 1. The fraction of sp³-hybridized carbons (Fsp3) is 0.795. The van der Waals surface area contributed by atoms with Crippen LogP contribution in [0.3, 0.4) is 0 Å². The standard InChI is InChI=1S/C39H70N2O3.BrH/c1-2-3-4-5-6-7-8-10-13-16-19-22-26-31-38(43)37(36-42)40-39(44)32-27-23-20-17-14-11-9-12-15-18-21-24-28-33-41-34-29-25-30-35-41;/h25-26,29-31,34-35,37-38,42-43H,2-24,27-28,32-33,36H2,1H3;1H/b31-26+;/t37-,38+;/m0./s1. The van der Waals surface area contributed by atoms with E-state index in [-0.39, 0.29) is 29.5 Å².